The quantitative estimate of drug-likeness (QED) is 0.357. The van der Waals surface area contributed by atoms with Gasteiger partial charge in [-0.15, -0.1) is 0 Å². The Balaban J connectivity index is 1.77. The molecule has 2 aromatic rings. The molecule has 7 nitrogen and oxygen atoms in total. The number of hydrogen-bond acceptors (Lipinski definition) is 4. The van der Waals surface area contributed by atoms with Crippen molar-refractivity contribution in [3.05, 3.63) is 53.5 Å². The summed E-state index contributed by atoms with van der Waals surface area (Å²) in [7, 11) is 1.68. The second-order valence-electron chi connectivity index (χ2n) is 5.97. The van der Waals surface area contributed by atoms with Crippen LogP contribution in [0.3, 0.4) is 0 Å². The number of aliphatic imine (C=N–C) groups is 1. The van der Waals surface area contributed by atoms with E-state index in [4.69, 9.17) is 9.15 Å². The summed E-state index contributed by atoms with van der Waals surface area (Å²) in [6.07, 6.45) is 2.30. The summed E-state index contributed by atoms with van der Waals surface area (Å²) in [6.45, 7) is 6.50. The van der Waals surface area contributed by atoms with Crippen LogP contribution in [0.1, 0.15) is 28.6 Å². The maximum absolute atomic E-state index is 11.8. The molecule has 27 heavy (non-hydrogen) atoms. The van der Waals surface area contributed by atoms with Crippen molar-refractivity contribution in [2.45, 2.75) is 20.3 Å². The predicted molar refractivity (Wildman–Crippen MR) is 106 cm³/mol. The first-order valence-corrected chi connectivity index (χ1v) is 9.11. The van der Waals surface area contributed by atoms with Crippen molar-refractivity contribution >= 4 is 11.9 Å². The molecule has 3 N–H and O–H groups in total. The molecule has 146 valence electrons. The minimum Gasteiger partial charge on any atom is -0.496 e. The van der Waals surface area contributed by atoms with Crippen LogP contribution in [0.15, 0.2) is 46.0 Å². The number of rotatable bonds is 9. The molecule has 1 aromatic heterocycles. The Kier molecular flexibility index (Phi) is 8.22. The number of aryl methyl sites for hydroxylation is 1. The monoisotopic (exact) mass is 372 g/mol. The largest absolute Gasteiger partial charge is 0.496 e. The molecule has 0 atom stereocenters. The van der Waals surface area contributed by atoms with Gasteiger partial charge in [-0.3, -0.25) is 9.79 Å². The molecular weight excluding hydrogens is 344 g/mol. The lowest BCUT2D eigenvalue weighted by atomic mass is 10.1. The van der Waals surface area contributed by atoms with Gasteiger partial charge in [-0.25, -0.2) is 0 Å². The minimum atomic E-state index is -0.225. The molecule has 7 heteroatoms. The van der Waals surface area contributed by atoms with Crippen molar-refractivity contribution in [3.63, 3.8) is 0 Å². The summed E-state index contributed by atoms with van der Waals surface area (Å²) in [6, 6.07) is 9.53. The molecule has 0 radical (unpaired) electrons. The van der Waals surface area contributed by atoms with Gasteiger partial charge >= 0.3 is 0 Å². The van der Waals surface area contributed by atoms with Crippen molar-refractivity contribution < 1.29 is 13.9 Å². The van der Waals surface area contributed by atoms with Gasteiger partial charge in [0.25, 0.3) is 5.91 Å². The van der Waals surface area contributed by atoms with E-state index < -0.39 is 0 Å². The van der Waals surface area contributed by atoms with Crippen molar-refractivity contribution in [1.29, 1.82) is 0 Å². The molecule has 0 unspecified atom stereocenters. The van der Waals surface area contributed by atoms with Gasteiger partial charge in [0, 0.05) is 26.2 Å². The third-order valence-electron chi connectivity index (χ3n) is 3.94. The van der Waals surface area contributed by atoms with Crippen LogP contribution < -0.4 is 20.7 Å². The normalized spacial score (nSPS) is 11.1. The first-order chi connectivity index (χ1) is 13.1. The smallest absolute Gasteiger partial charge is 0.287 e. The van der Waals surface area contributed by atoms with Crippen molar-refractivity contribution in [3.8, 4) is 5.75 Å². The summed E-state index contributed by atoms with van der Waals surface area (Å²) >= 11 is 0. The third-order valence-corrected chi connectivity index (χ3v) is 3.94. The second-order valence-corrected chi connectivity index (χ2v) is 5.97. The number of ether oxygens (including phenoxy) is 1. The molecular formula is C20H28N4O3. The van der Waals surface area contributed by atoms with Crippen LogP contribution in [0.5, 0.6) is 5.75 Å². The molecule has 1 amide bonds. The van der Waals surface area contributed by atoms with Crippen LogP contribution in [-0.4, -0.2) is 45.2 Å². The fourth-order valence-corrected chi connectivity index (χ4v) is 2.51. The fourth-order valence-electron chi connectivity index (χ4n) is 2.51. The Bertz CT molecular complexity index is 742. The van der Waals surface area contributed by atoms with Crippen LogP contribution in [0.25, 0.3) is 0 Å². The van der Waals surface area contributed by atoms with E-state index in [1.54, 1.807) is 19.2 Å². The molecule has 1 aromatic carbocycles. The summed E-state index contributed by atoms with van der Waals surface area (Å²) < 4.78 is 10.4. The van der Waals surface area contributed by atoms with Crippen molar-refractivity contribution in [1.82, 2.24) is 16.0 Å². The van der Waals surface area contributed by atoms with E-state index in [9.17, 15) is 4.79 Å². The molecule has 0 aliphatic heterocycles. The highest BCUT2D eigenvalue weighted by Crippen LogP contribution is 2.19. The van der Waals surface area contributed by atoms with Crippen molar-refractivity contribution in [2.75, 3.05) is 33.3 Å². The van der Waals surface area contributed by atoms with Crippen LogP contribution in [0.4, 0.5) is 0 Å². The lowest BCUT2D eigenvalue weighted by molar-refractivity contribution is 0.0926. The fraction of sp³-hybridized carbons (Fsp3) is 0.400. The van der Waals surface area contributed by atoms with E-state index in [1.165, 1.54) is 11.8 Å². The molecule has 0 aliphatic carbocycles. The van der Waals surface area contributed by atoms with Gasteiger partial charge in [-0.2, -0.15) is 0 Å². The molecule has 0 fully saturated rings. The summed E-state index contributed by atoms with van der Waals surface area (Å²) in [5, 5.41) is 9.20. The molecule has 0 saturated heterocycles. The standard InChI is InChI=1S/C20H28N4O3/c1-4-21-20(24-12-11-22-19(25)17-6-5-13-27-17)23-10-9-16-8-7-15(2)18(14-16)26-3/h5-8,13-14H,4,9-12H2,1-3H3,(H,22,25)(H2,21,23,24). The number of amides is 1. The van der Waals surface area contributed by atoms with E-state index in [-0.39, 0.29) is 5.91 Å². The topological polar surface area (TPSA) is 87.9 Å². The van der Waals surface area contributed by atoms with E-state index in [1.807, 2.05) is 13.8 Å². The molecule has 2 rings (SSSR count). The number of carbonyl (C=O) groups excluding carboxylic acids is 1. The lowest BCUT2D eigenvalue weighted by Crippen LogP contribution is -2.41. The van der Waals surface area contributed by atoms with Crippen LogP contribution >= 0.6 is 0 Å². The molecule has 1 heterocycles. The zero-order valence-electron chi connectivity index (χ0n) is 16.2. The van der Waals surface area contributed by atoms with Gasteiger partial charge in [0.2, 0.25) is 0 Å². The van der Waals surface area contributed by atoms with Gasteiger partial charge < -0.3 is 25.1 Å². The van der Waals surface area contributed by atoms with Crippen LogP contribution in [-0.2, 0) is 6.42 Å². The third kappa shape index (κ3) is 6.69. The average molecular weight is 372 g/mol. The maximum atomic E-state index is 11.8. The van der Waals surface area contributed by atoms with Crippen LogP contribution in [0, 0.1) is 6.92 Å². The highest BCUT2D eigenvalue weighted by atomic mass is 16.5. The Hall–Kier alpha value is -2.96. The molecule has 0 bridgehead atoms. The number of nitrogens with one attached hydrogen (secondary N) is 3. The number of nitrogens with zero attached hydrogens (tertiary/aromatic N) is 1. The SMILES string of the molecule is CCNC(=NCCc1ccc(C)c(OC)c1)NCCNC(=O)c1ccco1. The number of hydrogen-bond donors (Lipinski definition) is 3. The van der Waals surface area contributed by atoms with E-state index in [2.05, 4.69) is 39.1 Å². The molecule has 0 aliphatic rings. The minimum absolute atomic E-state index is 0.225. The van der Waals surface area contributed by atoms with Gasteiger partial charge in [0.1, 0.15) is 5.75 Å². The number of carbonyl (C=O) groups is 1. The average Bonchev–Trinajstić information content (AvgIpc) is 3.21. The Morgan fingerprint density at radius 2 is 2.00 bits per heavy atom. The highest BCUT2D eigenvalue weighted by molar-refractivity contribution is 5.91. The van der Waals surface area contributed by atoms with Gasteiger partial charge in [-0.05, 0) is 49.6 Å². The number of methoxy groups -OCH3 is 1. The Morgan fingerprint density at radius 1 is 1.19 bits per heavy atom. The van der Waals surface area contributed by atoms with Gasteiger partial charge in [0.15, 0.2) is 11.7 Å². The predicted octanol–water partition coefficient (Wildman–Crippen LogP) is 2.12. The van der Waals surface area contributed by atoms with Crippen molar-refractivity contribution in [2.24, 2.45) is 4.99 Å². The lowest BCUT2D eigenvalue weighted by Gasteiger charge is -2.12. The Morgan fingerprint density at radius 3 is 2.70 bits per heavy atom. The molecule has 0 spiro atoms. The zero-order chi connectivity index (χ0) is 19.5. The van der Waals surface area contributed by atoms with E-state index in [0.29, 0.717) is 25.4 Å². The zero-order valence-corrected chi connectivity index (χ0v) is 16.2. The Labute approximate surface area is 160 Å². The summed E-state index contributed by atoms with van der Waals surface area (Å²) in [4.78, 5) is 16.4. The number of benzene rings is 1. The summed E-state index contributed by atoms with van der Waals surface area (Å²) in [5.41, 5.74) is 2.30. The number of furan rings is 1. The first-order valence-electron chi connectivity index (χ1n) is 9.11. The first kappa shape index (κ1) is 20.4. The summed E-state index contributed by atoms with van der Waals surface area (Å²) in [5.74, 6) is 1.71. The van der Waals surface area contributed by atoms with Gasteiger partial charge in [0.05, 0.1) is 13.4 Å². The van der Waals surface area contributed by atoms with E-state index >= 15 is 0 Å². The highest BCUT2D eigenvalue weighted by Gasteiger charge is 2.07. The molecule has 0 saturated carbocycles. The second kappa shape index (κ2) is 10.9. The van der Waals surface area contributed by atoms with Gasteiger partial charge in [-0.1, -0.05) is 12.1 Å². The van der Waals surface area contributed by atoms with Crippen LogP contribution in [0.2, 0.25) is 0 Å². The maximum Gasteiger partial charge on any atom is 0.287 e. The van der Waals surface area contributed by atoms with E-state index in [0.717, 1.165) is 30.2 Å². The number of guanidine groups is 1.